The molecule has 0 aliphatic heterocycles. The molecule has 0 saturated carbocycles. The number of hydrogen-bond acceptors (Lipinski definition) is 2. The Hall–Kier alpha value is -1.96. The van der Waals surface area contributed by atoms with Crippen molar-refractivity contribution < 1.29 is 10.2 Å². The average Bonchev–Trinajstić information content (AvgIpc) is 2.58. The van der Waals surface area contributed by atoms with E-state index in [9.17, 15) is 10.2 Å². The third-order valence-corrected chi connectivity index (χ3v) is 2.62. The fourth-order valence-corrected chi connectivity index (χ4v) is 1.97. The summed E-state index contributed by atoms with van der Waals surface area (Å²) in [6.07, 6.45) is 3.97. The van der Waals surface area contributed by atoms with Crippen LogP contribution in [-0.4, -0.2) is 10.2 Å². The molecule has 68 valence electrons. The third kappa shape index (κ3) is 0.752. The van der Waals surface area contributed by atoms with E-state index in [1.54, 1.807) is 12.1 Å². The number of benzene rings is 2. The topological polar surface area (TPSA) is 40.5 Å². The van der Waals surface area contributed by atoms with E-state index >= 15 is 0 Å². The van der Waals surface area contributed by atoms with Crippen LogP contribution in [0.1, 0.15) is 11.1 Å². The highest BCUT2D eigenvalue weighted by molar-refractivity contribution is 6.09. The Kier molecular flexibility index (Phi) is 1.22. The zero-order chi connectivity index (χ0) is 9.71. The molecule has 0 heterocycles. The third-order valence-electron chi connectivity index (χ3n) is 2.62. The Bertz CT molecular complexity index is 521. The highest BCUT2D eigenvalue weighted by Crippen LogP contribution is 2.40. The van der Waals surface area contributed by atoms with E-state index in [2.05, 4.69) is 0 Å². The highest BCUT2D eigenvalue weighted by atomic mass is 16.3. The van der Waals surface area contributed by atoms with Gasteiger partial charge >= 0.3 is 0 Å². The zero-order valence-electron chi connectivity index (χ0n) is 7.36. The first kappa shape index (κ1) is 7.44. The first-order valence-electron chi connectivity index (χ1n) is 4.43. The van der Waals surface area contributed by atoms with Crippen molar-refractivity contribution in [2.24, 2.45) is 0 Å². The lowest BCUT2D eigenvalue weighted by molar-refractivity contribution is 0.464. The van der Waals surface area contributed by atoms with Crippen molar-refractivity contribution in [3.05, 3.63) is 35.4 Å². The van der Waals surface area contributed by atoms with Gasteiger partial charge in [0.15, 0.2) is 0 Å². The minimum atomic E-state index is 0.131. The molecule has 14 heavy (non-hydrogen) atoms. The summed E-state index contributed by atoms with van der Waals surface area (Å²) in [5, 5.41) is 20.8. The maximum absolute atomic E-state index is 9.64. The lowest BCUT2D eigenvalue weighted by Gasteiger charge is -2.05. The van der Waals surface area contributed by atoms with Crippen LogP contribution in [0.2, 0.25) is 0 Å². The number of phenols is 2. The highest BCUT2D eigenvalue weighted by Gasteiger charge is 2.14. The van der Waals surface area contributed by atoms with Gasteiger partial charge in [-0.3, -0.25) is 0 Å². The molecule has 2 aromatic rings. The number of aromatic hydroxyl groups is 2. The van der Waals surface area contributed by atoms with Gasteiger partial charge in [0.25, 0.3) is 0 Å². The Morgan fingerprint density at radius 2 is 1.14 bits per heavy atom. The molecule has 2 nitrogen and oxygen atoms in total. The Labute approximate surface area is 80.7 Å². The molecule has 2 aromatic carbocycles. The van der Waals surface area contributed by atoms with Gasteiger partial charge in [-0.25, -0.2) is 0 Å². The van der Waals surface area contributed by atoms with Crippen molar-refractivity contribution in [2.75, 3.05) is 0 Å². The summed E-state index contributed by atoms with van der Waals surface area (Å²) in [4.78, 5) is 0. The summed E-state index contributed by atoms with van der Waals surface area (Å²) in [6.45, 7) is 0. The smallest absolute Gasteiger partial charge is 0.127 e. The second-order valence-corrected chi connectivity index (χ2v) is 3.43. The molecule has 1 aliphatic carbocycles. The van der Waals surface area contributed by atoms with Crippen LogP contribution >= 0.6 is 0 Å². The second-order valence-electron chi connectivity index (χ2n) is 3.43. The van der Waals surface area contributed by atoms with Gasteiger partial charge in [-0.2, -0.15) is 0 Å². The molecule has 0 aromatic heterocycles. The Balaban J connectivity index is 2.64. The molecule has 1 aliphatic rings. The first-order valence-corrected chi connectivity index (χ1v) is 4.43. The van der Waals surface area contributed by atoms with Gasteiger partial charge < -0.3 is 10.2 Å². The van der Waals surface area contributed by atoms with Crippen molar-refractivity contribution in [1.82, 2.24) is 0 Å². The molecule has 2 heteroatoms. The van der Waals surface area contributed by atoms with Crippen LogP contribution < -0.4 is 0 Å². The van der Waals surface area contributed by atoms with Crippen LogP contribution in [0.5, 0.6) is 11.5 Å². The lowest BCUT2D eigenvalue weighted by Crippen LogP contribution is -1.80. The van der Waals surface area contributed by atoms with Gasteiger partial charge in [-0.05, 0) is 23.3 Å². The summed E-state index contributed by atoms with van der Waals surface area (Å²) in [7, 11) is 0. The molecule has 3 rings (SSSR count). The molecule has 0 unspecified atom stereocenters. The average molecular weight is 184 g/mol. The zero-order valence-corrected chi connectivity index (χ0v) is 7.36. The van der Waals surface area contributed by atoms with Crippen molar-refractivity contribution in [3.63, 3.8) is 0 Å². The van der Waals surface area contributed by atoms with Gasteiger partial charge in [-0.1, -0.05) is 24.3 Å². The van der Waals surface area contributed by atoms with Gasteiger partial charge in [0.2, 0.25) is 0 Å². The molecule has 0 bridgehead atoms. The quantitative estimate of drug-likeness (QED) is 0.564. The number of rotatable bonds is 0. The molecule has 0 radical (unpaired) electrons. The fourth-order valence-electron chi connectivity index (χ4n) is 1.97. The predicted octanol–water partition coefficient (Wildman–Crippen LogP) is 2.73. The standard InChI is InChI=1S/C12H8O2/c13-9-5-3-7-1-2-8-4-6-10(14)12(9)11(7)8/h1-6,13-14H. The van der Waals surface area contributed by atoms with Gasteiger partial charge in [-0.15, -0.1) is 0 Å². The van der Waals surface area contributed by atoms with E-state index in [4.69, 9.17) is 0 Å². The van der Waals surface area contributed by atoms with Crippen LogP contribution in [-0.2, 0) is 0 Å². The maximum atomic E-state index is 9.64. The Morgan fingerprint density at radius 3 is 1.64 bits per heavy atom. The Morgan fingerprint density at radius 1 is 0.643 bits per heavy atom. The molecule has 0 fully saturated rings. The SMILES string of the molecule is Oc1ccc2c3c(ccc(O)c13)C=C2. The van der Waals surface area contributed by atoms with E-state index in [0.717, 1.165) is 16.5 Å². The summed E-state index contributed by atoms with van der Waals surface area (Å²) in [5.41, 5.74) is 2.09. The van der Waals surface area contributed by atoms with Crippen molar-refractivity contribution in [2.45, 2.75) is 0 Å². The number of hydrogen-bond donors (Lipinski definition) is 2. The minimum absolute atomic E-state index is 0.131. The van der Waals surface area contributed by atoms with Crippen LogP contribution in [0.25, 0.3) is 22.9 Å². The first-order chi connectivity index (χ1) is 6.77. The number of phenolic OH excluding ortho intramolecular Hbond substituents is 2. The minimum Gasteiger partial charge on any atom is -0.507 e. The van der Waals surface area contributed by atoms with E-state index in [-0.39, 0.29) is 11.5 Å². The van der Waals surface area contributed by atoms with E-state index in [0.29, 0.717) is 5.39 Å². The molecule has 2 N–H and O–H groups in total. The summed E-state index contributed by atoms with van der Waals surface area (Å²) in [5.74, 6) is 0.263. The van der Waals surface area contributed by atoms with Gasteiger partial charge in [0.05, 0.1) is 5.39 Å². The molecule has 0 atom stereocenters. The molecule has 0 spiro atoms. The maximum Gasteiger partial charge on any atom is 0.127 e. The van der Waals surface area contributed by atoms with Gasteiger partial charge in [0, 0.05) is 5.39 Å². The molecule has 0 saturated heterocycles. The van der Waals surface area contributed by atoms with Crippen molar-refractivity contribution >= 4 is 22.9 Å². The summed E-state index contributed by atoms with van der Waals surface area (Å²) >= 11 is 0. The molecular formula is C12H8O2. The fraction of sp³-hybridized carbons (Fsp3) is 0. The van der Waals surface area contributed by atoms with Crippen LogP contribution in [0, 0.1) is 0 Å². The predicted molar refractivity (Wildman–Crippen MR) is 56.2 cm³/mol. The van der Waals surface area contributed by atoms with E-state index < -0.39 is 0 Å². The van der Waals surface area contributed by atoms with E-state index in [1.807, 2.05) is 24.3 Å². The molecular weight excluding hydrogens is 176 g/mol. The second kappa shape index (κ2) is 2.29. The van der Waals surface area contributed by atoms with Crippen LogP contribution in [0.3, 0.4) is 0 Å². The van der Waals surface area contributed by atoms with Crippen molar-refractivity contribution in [1.29, 1.82) is 0 Å². The normalized spacial score (nSPS) is 12.6. The van der Waals surface area contributed by atoms with Crippen molar-refractivity contribution in [3.8, 4) is 11.5 Å². The van der Waals surface area contributed by atoms with E-state index in [1.165, 1.54) is 0 Å². The van der Waals surface area contributed by atoms with Crippen LogP contribution in [0.15, 0.2) is 24.3 Å². The summed E-state index contributed by atoms with van der Waals surface area (Å²) < 4.78 is 0. The van der Waals surface area contributed by atoms with Gasteiger partial charge in [0.1, 0.15) is 11.5 Å². The largest absolute Gasteiger partial charge is 0.507 e. The lowest BCUT2D eigenvalue weighted by atomic mass is 10.0. The molecule has 0 amide bonds. The monoisotopic (exact) mass is 184 g/mol. The summed E-state index contributed by atoms with van der Waals surface area (Å²) in [6, 6.07) is 6.92. The van der Waals surface area contributed by atoms with Crippen LogP contribution in [0.4, 0.5) is 0 Å².